The quantitative estimate of drug-likeness (QED) is 0.700. The molecule has 0 aromatic carbocycles. The van der Waals surface area contributed by atoms with Gasteiger partial charge in [-0.2, -0.15) is 0 Å². The number of likely N-dealkylation sites (N-methyl/N-ethyl adjacent to an activating group) is 1. The van der Waals surface area contributed by atoms with Crippen LogP contribution in [0.25, 0.3) is 0 Å². The first-order valence-corrected chi connectivity index (χ1v) is 5.72. The van der Waals surface area contributed by atoms with Gasteiger partial charge in [0.05, 0.1) is 12.0 Å². The first-order chi connectivity index (χ1) is 7.91. The third kappa shape index (κ3) is 3.98. The van der Waals surface area contributed by atoms with E-state index < -0.39 is 18.0 Å². The molecule has 3 atom stereocenters. The van der Waals surface area contributed by atoms with Crippen molar-refractivity contribution in [3.63, 3.8) is 0 Å². The number of hydrogen-bond donors (Lipinski definition) is 2. The summed E-state index contributed by atoms with van der Waals surface area (Å²) in [6.07, 6.45) is -0.305. The van der Waals surface area contributed by atoms with Crippen LogP contribution in [0.3, 0.4) is 0 Å². The number of hydrogen-bond acceptors (Lipinski definition) is 4. The van der Waals surface area contributed by atoms with Crippen molar-refractivity contribution in [3.05, 3.63) is 0 Å². The van der Waals surface area contributed by atoms with E-state index in [1.54, 1.807) is 21.0 Å². The molecule has 17 heavy (non-hydrogen) atoms. The van der Waals surface area contributed by atoms with E-state index in [9.17, 15) is 9.59 Å². The van der Waals surface area contributed by atoms with E-state index in [1.165, 1.54) is 4.90 Å². The Balaban J connectivity index is 2.46. The fourth-order valence-corrected chi connectivity index (χ4v) is 1.90. The van der Waals surface area contributed by atoms with Gasteiger partial charge in [-0.15, -0.1) is 0 Å². The Hall–Kier alpha value is -1.14. The summed E-state index contributed by atoms with van der Waals surface area (Å²) in [6.45, 7) is 2.74. The van der Waals surface area contributed by atoms with Gasteiger partial charge in [-0.25, -0.2) is 0 Å². The minimum atomic E-state index is -0.822. The molecule has 2 N–H and O–H groups in total. The number of carbonyl (C=O) groups excluding carboxylic acids is 1. The molecule has 1 amide bonds. The van der Waals surface area contributed by atoms with Gasteiger partial charge in [0.25, 0.3) is 5.91 Å². The summed E-state index contributed by atoms with van der Waals surface area (Å²) in [5.41, 5.74) is 0. The molecular formula is C11H20N2O4. The summed E-state index contributed by atoms with van der Waals surface area (Å²) in [5.74, 6) is -1.37. The summed E-state index contributed by atoms with van der Waals surface area (Å²) in [4.78, 5) is 23.9. The van der Waals surface area contributed by atoms with Crippen LogP contribution < -0.4 is 5.32 Å². The number of piperidine rings is 1. The molecule has 1 rings (SSSR count). The second-order valence-electron chi connectivity index (χ2n) is 4.56. The number of ether oxygens (including phenoxy) is 1. The van der Waals surface area contributed by atoms with Crippen molar-refractivity contribution in [2.45, 2.75) is 25.6 Å². The lowest BCUT2D eigenvalue weighted by Crippen LogP contribution is -2.46. The fourth-order valence-electron chi connectivity index (χ4n) is 1.90. The number of carbonyl (C=O) groups is 2. The highest BCUT2D eigenvalue weighted by molar-refractivity contribution is 5.80. The summed E-state index contributed by atoms with van der Waals surface area (Å²) < 4.78 is 5.58. The molecule has 1 heterocycles. The molecule has 1 saturated heterocycles. The van der Waals surface area contributed by atoms with Crippen LogP contribution in [0.5, 0.6) is 0 Å². The van der Waals surface area contributed by atoms with Crippen LogP contribution in [0, 0.1) is 5.92 Å². The zero-order chi connectivity index (χ0) is 13.0. The molecule has 0 aliphatic carbocycles. The molecule has 0 saturated carbocycles. The molecule has 1 fully saturated rings. The molecular weight excluding hydrogens is 224 g/mol. The van der Waals surface area contributed by atoms with Gasteiger partial charge >= 0.3 is 5.97 Å². The van der Waals surface area contributed by atoms with Gasteiger partial charge < -0.3 is 20.1 Å². The Bertz CT molecular complexity index is 293. The van der Waals surface area contributed by atoms with Crippen LogP contribution in [0.1, 0.15) is 13.3 Å². The molecule has 1 aliphatic rings. The number of nitrogens with zero attached hydrogens (tertiary/aromatic N) is 1. The smallest absolute Gasteiger partial charge is 0.307 e. The first kappa shape index (κ1) is 13.9. The van der Waals surface area contributed by atoms with E-state index in [0.29, 0.717) is 19.5 Å². The van der Waals surface area contributed by atoms with E-state index in [0.717, 1.165) is 0 Å². The van der Waals surface area contributed by atoms with E-state index >= 15 is 0 Å². The van der Waals surface area contributed by atoms with Crippen LogP contribution >= 0.6 is 0 Å². The maximum Gasteiger partial charge on any atom is 0.307 e. The van der Waals surface area contributed by atoms with Crippen LogP contribution in [0.2, 0.25) is 0 Å². The van der Waals surface area contributed by atoms with Crippen molar-refractivity contribution in [2.24, 2.45) is 5.92 Å². The minimum Gasteiger partial charge on any atom is -0.481 e. The van der Waals surface area contributed by atoms with Crippen LogP contribution in [0.15, 0.2) is 0 Å². The minimum absolute atomic E-state index is 0.109. The van der Waals surface area contributed by atoms with Gasteiger partial charge in [-0.05, 0) is 13.3 Å². The van der Waals surface area contributed by atoms with E-state index in [1.807, 2.05) is 0 Å². The highest BCUT2D eigenvalue weighted by Gasteiger charge is 2.29. The van der Waals surface area contributed by atoms with Gasteiger partial charge in [-0.1, -0.05) is 0 Å². The Morgan fingerprint density at radius 2 is 2.06 bits per heavy atom. The summed E-state index contributed by atoms with van der Waals surface area (Å²) in [6, 6.07) is 0. The molecule has 6 nitrogen and oxygen atoms in total. The lowest BCUT2D eigenvalue weighted by molar-refractivity contribution is -0.149. The largest absolute Gasteiger partial charge is 0.481 e. The SMILES string of the molecule is CC(OC1CNCC(C(=O)O)C1)C(=O)N(C)C. The number of amides is 1. The van der Waals surface area contributed by atoms with E-state index in [2.05, 4.69) is 5.32 Å². The summed E-state index contributed by atoms with van der Waals surface area (Å²) >= 11 is 0. The van der Waals surface area contributed by atoms with Crippen molar-refractivity contribution in [1.29, 1.82) is 0 Å². The van der Waals surface area contributed by atoms with E-state index in [-0.39, 0.29) is 12.0 Å². The first-order valence-electron chi connectivity index (χ1n) is 5.72. The van der Waals surface area contributed by atoms with Crippen molar-refractivity contribution < 1.29 is 19.4 Å². The van der Waals surface area contributed by atoms with E-state index in [4.69, 9.17) is 9.84 Å². The van der Waals surface area contributed by atoms with Crippen molar-refractivity contribution in [3.8, 4) is 0 Å². The van der Waals surface area contributed by atoms with Gasteiger partial charge in [0, 0.05) is 27.2 Å². The molecule has 6 heteroatoms. The summed E-state index contributed by atoms with van der Waals surface area (Å²) in [5, 5.41) is 11.9. The predicted molar refractivity (Wildman–Crippen MR) is 61.6 cm³/mol. The Labute approximate surface area is 101 Å². The van der Waals surface area contributed by atoms with Crippen LogP contribution in [0.4, 0.5) is 0 Å². The van der Waals surface area contributed by atoms with Gasteiger partial charge in [-0.3, -0.25) is 9.59 Å². The third-order valence-corrected chi connectivity index (χ3v) is 2.84. The van der Waals surface area contributed by atoms with Gasteiger partial charge in [0.2, 0.25) is 0 Å². The molecule has 0 spiro atoms. The zero-order valence-corrected chi connectivity index (χ0v) is 10.5. The lowest BCUT2D eigenvalue weighted by atomic mass is 9.97. The second kappa shape index (κ2) is 5.97. The predicted octanol–water partition coefficient (Wildman–Crippen LogP) is -0.458. The number of carboxylic acids is 1. The topological polar surface area (TPSA) is 78.9 Å². The highest BCUT2D eigenvalue weighted by atomic mass is 16.5. The number of carboxylic acid groups (broad SMARTS) is 1. The lowest BCUT2D eigenvalue weighted by Gasteiger charge is -2.30. The monoisotopic (exact) mass is 244 g/mol. The Kier molecular flexibility index (Phi) is 4.89. The molecule has 3 unspecified atom stereocenters. The normalized spacial score (nSPS) is 26.3. The highest BCUT2D eigenvalue weighted by Crippen LogP contribution is 2.15. The van der Waals surface area contributed by atoms with Gasteiger partial charge in [0.15, 0.2) is 0 Å². The summed E-state index contributed by atoms with van der Waals surface area (Å²) in [7, 11) is 3.34. The number of nitrogens with one attached hydrogen (secondary N) is 1. The maximum atomic E-state index is 11.6. The average Bonchev–Trinajstić information content (AvgIpc) is 2.28. The third-order valence-electron chi connectivity index (χ3n) is 2.84. The van der Waals surface area contributed by atoms with Crippen LogP contribution in [-0.4, -0.2) is 61.3 Å². The Morgan fingerprint density at radius 3 is 2.59 bits per heavy atom. The maximum absolute atomic E-state index is 11.6. The molecule has 0 radical (unpaired) electrons. The standard InChI is InChI=1S/C11H20N2O4/c1-7(10(14)13(2)3)17-9-4-8(11(15)16)5-12-6-9/h7-9,12H,4-6H2,1-3H3,(H,15,16). The molecule has 0 bridgehead atoms. The molecule has 0 aromatic rings. The average molecular weight is 244 g/mol. The van der Waals surface area contributed by atoms with Crippen molar-refractivity contribution >= 4 is 11.9 Å². The Morgan fingerprint density at radius 1 is 1.41 bits per heavy atom. The van der Waals surface area contributed by atoms with Gasteiger partial charge in [0.1, 0.15) is 6.10 Å². The molecule has 1 aliphatic heterocycles. The van der Waals surface area contributed by atoms with Crippen molar-refractivity contribution in [2.75, 3.05) is 27.2 Å². The molecule has 0 aromatic heterocycles. The van der Waals surface area contributed by atoms with Crippen molar-refractivity contribution in [1.82, 2.24) is 10.2 Å². The molecule has 98 valence electrons. The van der Waals surface area contributed by atoms with Crippen LogP contribution in [-0.2, 0) is 14.3 Å². The number of rotatable bonds is 4. The zero-order valence-electron chi connectivity index (χ0n) is 10.5. The number of aliphatic carboxylic acids is 1. The second-order valence-corrected chi connectivity index (χ2v) is 4.56. The fraction of sp³-hybridized carbons (Fsp3) is 0.818.